The fourth-order valence-electron chi connectivity index (χ4n) is 1.93. The summed E-state index contributed by atoms with van der Waals surface area (Å²) < 4.78 is 10.5. The molecule has 0 aliphatic carbocycles. The maximum atomic E-state index is 11.9. The number of carbonyl (C=O) groups excluding carboxylic acids is 1. The van der Waals surface area contributed by atoms with Gasteiger partial charge in [0.2, 0.25) is 5.91 Å². The number of hydrogen-bond acceptors (Lipinski definition) is 3. The van der Waals surface area contributed by atoms with Gasteiger partial charge in [-0.3, -0.25) is 4.79 Å². The summed E-state index contributed by atoms with van der Waals surface area (Å²) in [5.41, 5.74) is 0. The summed E-state index contributed by atoms with van der Waals surface area (Å²) in [5, 5.41) is 2.93. The zero-order valence-corrected chi connectivity index (χ0v) is 11.5. The van der Waals surface area contributed by atoms with E-state index in [1.165, 1.54) is 0 Å². The smallest absolute Gasteiger partial charge is 0.225 e. The van der Waals surface area contributed by atoms with Gasteiger partial charge in [-0.15, -0.1) is 0 Å². The predicted molar refractivity (Wildman–Crippen MR) is 65.7 cm³/mol. The van der Waals surface area contributed by atoms with Gasteiger partial charge in [-0.1, -0.05) is 22.9 Å². The molecule has 16 heavy (non-hydrogen) atoms. The normalized spacial score (nSPS) is 26.7. The molecule has 1 rings (SSSR count). The fraction of sp³-hybridized carbons (Fsp3) is 0.909. The van der Waals surface area contributed by atoms with Crippen LogP contribution in [-0.2, 0) is 14.3 Å². The average molecular weight is 294 g/mol. The Kier molecular flexibility index (Phi) is 6.31. The van der Waals surface area contributed by atoms with Crippen molar-refractivity contribution in [3.63, 3.8) is 0 Å². The topological polar surface area (TPSA) is 47.6 Å². The van der Waals surface area contributed by atoms with Crippen LogP contribution in [-0.4, -0.2) is 43.7 Å². The summed E-state index contributed by atoms with van der Waals surface area (Å²) in [6, 6.07) is 0. The molecular formula is C11H20BrNO3. The number of carbonyl (C=O) groups is 1. The van der Waals surface area contributed by atoms with Crippen LogP contribution < -0.4 is 5.32 Å². The van der Waals surface area contributed by atoms with E-state index in [4.69, 9.17) is 9.47 Å². The van der Waals surface area contributed by atoms with Crippen LogP contribution in [0, 0.1) is 5.92 Å². The Morgan fingerprint density at radius 2 is 2.44 bits per heavy atom. The molecule has 1 aliphatic rings. The monoisotopic (exact) mass is 293 g/mol. The highest BCUT2D eigenvalue weighted by Gasteiger charge is 2.32. The van der Waals surface area contributed by atoms with Crippen LogP contribution in [0.5, 0.6) is 0 Å². The highest BCUT2D eigenvalue weighted by molar-refractivity contribution is 9.09. The van der Waals surface area contributed by atoms with Crippen molar-refractivity contribution in [2.24, 2.45) is 5.92 Å². The molecule has 0 saturated carbocycles. The molecule has 0 bridgehead atoms. The number of rotatable bonds is 6. The zero-order valence-electron chi connectivity index (χ0n) is 9.87. The molecule has 5 heteroatoms. The molecule has 4 nitrogen and oxygen atoms in total. The predicted octanol–water partition coefficient (Wildman–Crippen LogP) is 1.33. The van der Waals surface area contributed by atoms with Gasteiger partial charge in [-0.05, 0) is 12.8 Å². The Bertz CT molecular complexity index is 225. The maximum absolute atomic E-state index is 11.9. The van der Waals surface area contributed by atoms with Gasteiger partial charge in [0.05, 0.1) is 23.5 Å². The largest absolute Gasteiger partial charge is 0.383 e. The molecule has 0 aromatic heterocycles. The molecule has 1 heterocycles. The molecule has 3 atom stereocenters. The molecule has 1 fully saturated rings. The second-order valence-electron chi connectivity index (χ2n) is 4.01. The summed E-state index contributed by atoms with van der Waals surface area (Å²) in [6.07, 6.45) is 1.83. The van der Waals surface area contributed by atoms with E-state index in [-0.39, 0.29) is 22.8 Å². The third kappa shape index (κ3) is 4.03. The number of amides is 1. The lowest BCUT2D eigenvalue weighted by Crippen LogP contribution is -2.38. The molecule has 0 aromatic carbocycles. The molecule has 1 N–H and O–H groups in total. The standard InChI is InChI=1S/C11H20BrNO3/c1-3-10-9(4-5-16-10)11(14)13-6-8(12)7-15-2/h8-10H,3-7H2,1-2H3,(H,13,14). The number of ether oxygens (including phenoxy) is 2. The quantitative estimate of drug-likeness (QED) is 0.752. The Morgan fingerprint density at radius 3 is 3.06 bits per heavy atom. The lowest BCUT2D eigenvalue weighted by molar-refractivity contribution is -0.126. The van der Waals surface area contributed by atoms with E-state index in [9.17, 15) is 4.79 Å². The summed E-state index contributed by atoms with van der Waals surface area (Å²) in [5.74, 6) is 0.122. The fourth-order valence-corrected chi connectivity index (χ4v) is 2.36. The number of nitrogens with one attached hydrogen (secondary N) is 1. The van der Waals surface area contributed by atoms with Crippen molar-refractivity contribution < 1.29 is 14.3 Å². The SMILES string of the molecule is CCC1OCCC1C(=O)NCC(Br)COC. The Balaban J connectivity index is 2.29. The van der Waals surface area contributed by atoms with E-state index < -0.39 is 0 Å². The summed E-state index contributed by atoms with van der Waals surface area (Å²) in [6.45, 7) is 3.94. The van der Waals surface area contributed by atoms with Gasteiger partial charge in [0.1, 0.15) is 0 Å². The van der Waals surface area contributed by atoms with Gasteiger partial charge in [-0.25, -0.2) is 0 Å². The van der Waals surface area contributed by atoms with E-state index in [1.54, 1.807) is 7.11 Å². The summed E-state index contributed by atoms with van der Waals surface area (Å²) in [7, 11) is 1.65. The van der Waals surface area contributed by atoms with Crippen LogP contribution in [0.3, 0.4) is 0 Å². The Labute approximate surface area is 105 Å². The highest BCUT2D eigenvalue weighted by Crippen LogP contribution is 2.23. The second-order valence-corrected chi connectivity index (χ2v) is 5.31. The van der Waals surface area contributed by atoms with Crippen LogP contribution in [0.25, 0.3) is 0 Å². The molecule has 1 aliphatic heterocycles. The second kappa shape index (κ2) is 7.25. The van der Waals surface area contributed by atoms with Crippen molar-refractivity contribution in [1.29, 1.82) is 0 Å². The van der Waals surface area contributed by atoms with Crippen molar-refractivity contribution in [2.75, 3.05) is 26.9 Å². The minimum absolute atomic E-state index is 0.0206. The third-order valence-electron chi connectivity index (χ3n) is 2.79. The third-order valence-corrected chi connectivity index (χ3v) is 3.38. The van der Waals surface area contributed by atoms with E-state index in [0.29, 0.717) is 19.8 Å². The maximum Gasteiger partial charge on any atom is 0.225 e. The van der Waals surface area contributed by atoms with Crippen LogP contribution in [0.4, 0.5) is 0 Å². The molecule has 1 amide bonds. The van der Waals surface area contributed by atoms with Gasteiger partial charge < -0.3 is 14.8 Å². The summed E-state index contributed by atoms with van der Waals surface area (Å²) in [4.78, 5) is 12.0. The molecule has 3 unspecified atom stereocenters. The lowest BCUT2D eigenvalue weighted by Gasteiger charge is -2.17. The van der Waals surface area contributed by atoms with Crippen molar-refractivity contribution in [2.45, 2.75) is 30.7 Å². The van der Waals surface area contributed by atoms with Gasteiger partial charge in [0.25, 0.3) is 0 Å². The highest BCUT2D eigenvalue weighted by atomic mass is 79.9. The van der Waals surface area contributed by atoms with Crippen LogP contribution in [0.15, 0.2) is 0 Å². The van der Waals surface area contributed by atoms with Crippen LogP contribution in [0.2, 0.25) is 0 Å². The van der Waals surface area contributed by atoms with Crippen LogP contribution in [0.1, 0.15) is 19.8 Å². The molecule has 94 valence electrons. The minimum Gasteiger partial charge on any atom is -0.383 e. The molecule has 0 radical (unpaired) electrons. The van der Waals surface area contributed by atoms with E-state index in [2.05, 4.69) is 28.2 Å². The average Bonchev–Trinajstić information content (AvgIpc) is 2.74. The van der Waals surface area contributed by atoms with Gasteiger partial charge in [0, 0.05) is 20.3 Å². The molecule has 0 spiro atoms. The van der Waals surface area contributed by atoms with E-state index in [0.717, 1.165) is 12.8 Å². The Morgan fingerprint density at radius 1 is 1.69 bits per heavy atom. The van der Waals surface area contributed by atoms with E-state index in [1.807, 2.05) is 0 Å². The van der Waals surface area contributed by atoms with Crippen molar-refractivity contribution in [3.05, 3.63) is 0 Å². The van der Waals surface area contributed by atoms with Gasteiger partial charge >= 0.3 is 0 Å². The number of alkyl halides is 1. The zero-order chi connectivity index (χ0) is 12.0. The number of halogens is 1. The molecule has 1 saturated heterocycles. The first-order valence-electron chi connectivity index (χ1n) is 5.71. The molecular weight excluding hydrogens is 274 g/mol. The minimum atomic E-state index is 0.0206. The number of methoxy groups -OCH3 is 1. The first-order chi connectivity index (χ1) is 7.69. The van der Waals surface area contributed by atoms with Gasteiger partial charge in [0.15, 0.2) is 0 Å². The lowest BCUT2D eigenvalue weighted by atomic mass is 9.99. The first-order valence-corrected chi connectivity index (χ1v) is 6.62. The number of hydrogen-bond donors (Lipinski definition) is 1. The van der Waals surface area contributed by atoms with Gasteiger partial charge in [-0.2, -0.15) is 0 Å². The Hall–Kier alpha value is -0.130. The van der Waals surface area contributed by atoms with Crippen molar-refractivity contribution in [3.8, 4) is 0 Å². The van der Waals surface area contributed by atoms with Crippen molar-refractivity contribution in [1.82, 2.24) is 5.32 Å². The van der Waals surface area contributed by atoms with Crippen LogP contribution >= 0.6 is 15.9 Å². The summed E-state index contributed by atoms with van der Waals surface area (Å²) >= 11 is 3.44. The van der Waals surface area contributed by atoms with E-state index >= 15 is 0 Å². The van der Waals surface area contributed by atoms with Crippen molar-refractivity contribution >= 4 is 21.8 Å². The molecule has 0 aromatic rings. The first kappa shape index (κ1) is 13.9.